The minimum atomic E-state index is -0.150. The van der Waals surface area contributed by atoms with Crippen molar-refractivity contribution < 1.29 is 9.53 Å². The van der Waals surface area contributed by atoms with Gasteiger partial charge in [-0.2, -0.15) is 0 Å². The second kappa shape index (κ2) is 8.50. The predicted molar refractivity (Wildman–Crippen MR) is 119 cm³/mol. The highest BCUT2D eigenvalue weighted by Crippen LogP contribution is 2.26. The fourth-order valence-corrected chi connectivity index (χ4v) is 3.87. The molecule has 0 aromatic carbocycles. The summed E-state index contributed by atoms with van der Waals surface area (Å²) in [5.41, 5.74) is 1.35. The third kappa shape index (κ3) is 3.75. The van der Waals surface area contributed by atoms with Crippen LogP contribution in [-0.4, -0.2) is 75.1 Å². The van der Waals surface area contributed by atoms with Gasteiger partial charge < -0.3 is 14.2 Å². The maximum atomic E-state index is 13.2. The number of rotatable bonds is 5. The maximum absolute atomic E-state index is 13.2. The van der Waals surface area contributed by atoms with Crippen molar-refractivity contribution in [1.82, 2.24) is 29.7 Å². The summed E-state index contributed by atoms with van der Waals surface area (Å²) in [7, 11) is 0. The van der Waals surface area contributed by atoms with E-state index < -0.39 is 0 Å². The molecule has 0 atom stereocenters. The van der Waals surface area contributed by atoms with Crippen LogP contribution in [0.5, 0.6) is 0 Å². The summed E-state index contributed by atoms with van der Waals surface area (Å²) >= 11 is 0. The summed E-state index contributed by atoms with van der Waals surface area (Å²) < 4.78 is 7.33. The fourth-order valence-electron chi connectivity index (χ4n) is 3.87. The molecule has 11 heteroatoms. The number of hydrogen-bond acceptors (Lipinski definition) is 8. The van der Waals surface area contributed by atoms with Crippen molar-refractivity contribution >= 4 is 23.5 Å². The van der Waals surface area contributed by atoms with Crippen LogP contribution in [0.15, 0.2) is 36.9 Å². The van der Waals surface area contributed by atoms with Gasteiger partial charge in [-0.3, -0.25) is 9.80 Å². The van der Waals surface area contributed by atoms with Crippen LogP contribution in [-0.2, 0) is 4.74 Å². The van der Waals surface area contributed by atoms with Crippen LogP contribution < -0.4 is 14.7 Å². The average molecular weight is 435 g/mol. The number of anilines is 3. The Hall–Kier alpha value is -3.60. The second-order valence-corrected chi connectivity index (χ2v) is 7.96. The van der Waals surface area contributed by atoms with E-state index >= 15 is 0 Å². The van der Waals surface area contributed by atoms with Crippen molar-refractivity contribution in [2.45, 2.75) is 19.9 Å². The minimum absolute atomic E-state index is 0.150. The largest absolute Gasteiger partial charge is 0.378 e. The summed E-state index contributed by atoms with van der Waals surface area (Å²) in [6.07, 6.45) is 5.10. The van der Waals surface area contributed by atoms with E-state index in [0.29, 0.717) is 55.3 Å². The van der Waals surface area contributed by atoms with Gasteiger partial charge in [-0.1, -0.05) is 6.07 Å². The lowest BCUT2D eigenvalue weighted by Gasteiger charge is -2.27. The smallest absolute Gasteiger partial charge is 0.330 e. The van der Waals surface area contributed by atoms with Gasteiger partial charge in [0.25, 0.3) is 0 Å². The molecule has 0 saturated carbocycles. The lowest BCUT2D eigenvalue weighted by molar-refractivity contribution is 0.122. The fraction of sp³-hybridized carbons (Fsp3) is 0.429. The molecular weight excluding hydrogens is 410 g/mol. The SMILES string of the molecule is CC(C)n1cnnc1-c1cccc(N2CCN(c3cnc(N4CCOCC4)nc3)C2=O)n1. The molecule has 3 aromatic rings. The molecule has 0 unspecified atom stereocenters. The highest BCUT2D eigenvalue weighted by molar-refractivity contribution is 6.05. The number of pyridine rings is 1. The molecule has 2 fully saturated rings. The molecule has 3 aromatic heterocycles. The Morgan fingerprint density at radius 2 is 1.75 bits per heavy atom. The summed E-state index contributed by atoms with van der Waals surface area (Å²) in [6, 6.07) is 5.65. The Labute approximate surface area is 185 Å². The van der Waals surface area contributed by atoms with E-state index in [9.17, 15) is 4.79 Å². The average Bonchev–Trinajstić information content (AvgIpc) is 3.47. The first-order chi connectivity index (χ1) is 15.6. The molecule has 0 aliphatic carbocycles. The van der Waals surface area contributed by atoms with E-state index in [0.717, 1.165) is 13.1 Å². The second-order valence-electron chi connectivity index (χ2n) is 7.96. The first-order valence-corrected chi connectivity index (χ1v) is 10.7. The molecule has 5 rings (SSSR count). The lowest BCUT2D eigenvalue weighted by atomic mass is 10.3. The normalized spacial score (nSPS) is 17.0. The van der Waals surface area contributed by atoms with Crippen molar-refractivity contribution in [2.75, 3.05) is 54.1 Å². The Balaban J connectivity index is 1.34. The van der Waals surface area contributed by atoms with Crippen LogP contribution in [0.1, 0.15) is 19.9 Å². The van der Waals surface area contributed by atoms with Crippen LogP contribution in [0.4, 0.5) is 22.2 Å². The van der Waals surface area contributed by atoms with Crippen LogP contribution in [0.3, 0.4) is 0 Å². The number of ether oxygens (including phenoxy) is 1. The lowest BCUT2D eigenvalue weighted by Crippen LogP contribution is -2.37. The minimum Gasteiger partial charge on any atom is -0.378 e. The number of nitrogens with zero attached hydrogens (tertiary/aromatic N) is 9. The van der Waals surface area contributed by atoms with E-state index in [1.165, 1.54) is 0 Å². The maximum Gasteiger partial charge on any atom is 0.330 e. The van der Waals surface area contributed by atoms with Crippen molar-refractivity contribution in [2.24, 2.45) is 0 Å². The Morgan fingerprint density at radius 1 is 1.00 bits per heavy atom. The highest BCUT2D eigenvalue weighted by Gasteiger charge is 2.32. The molecule has 5 heterocycles. The molecule has 0 N–H and O–H groups in total. The number of carbonyl (C=O) groups is 1. The molecule has 0 spiro atoms. The summed E-state index contributed by atoms with van der Waals surface area (Å²) in [4.78, 5) is 32.2. The zero-order valence-corrected chi connectivity index (χ0v) is 18.1. The standard InChI is InChI=1S/C21H25N9O2/c1-15(2)30-14-24-26-19(30)17-4-3-5-18(25-17)29-7-6-28(21(29)31)16-12-22-20(23-13-16)27-8-10-32-11-9-27/h3-5,12-15H,6-11H2,1-2H3. The number of urea groups is 1. The molecular formula is C21H25N9O2. The first kappa shape index (κ1) is 20.3. The van der Waals surface area contributed by atoms with Gasteiger partial charge in [-0.05, 0) is 26.0 Å². The van der Waals surface area contributed by atoms with E-state index in [4.69, 9.17) is 9.72 Å². The number of morpholine rings is 1. The first-order valence-electron chi connectivity index (χ1n) is 10.7. The molecule has 166 valence electrons. The molecule has 32 heavy (non-hydrogen) atoms. The number of hydrogen-bond donors (Lipinski definition) is 0. The highest BCUT2D eigenvalue weighted by atomic mass is 16.5. The molecule has 2 aliphatic heterocycles. The van der Waals surface area contributed by atoms with Gasteiger partial charge in [0.15, 0.2) is 5.82 Å². The molecule has 0 radical (unpaired) electrons. The van der Waals surface area contributed by atoms with Gasteiger partial charge in [0, 0.05) is 32.2 Å². The zero-order valence-electron chi connectivity index (χ0n) is 18.1. The third-order valence-corrected chi connectivity index (χ3v) is 5.61. The van der Waals surface area contributed by atoms with Crippen LogP contribution in [0, 0.1) is 0 Å². The summed E-state index contributed by atoms with van der Waals surface area (Å²) in [5, 5.41) is 8.23. The van der Waals surface area contributed by atoms with Crippen molar-refractivity contribution in [3.8, 4) is 11.5 Å². The zero-order chi connectivity index (χ0) is 22.1. The quantitative estimate of drug-likeness (QED) is 0.599. The van der Waals surface area contributed by atoms with Crippen LogP contribution in [0.25, 0.3) is 11.5 Å². The summed E-state index contributed by atoms with van der Waals surface area (Å²) in [6.45, 7) is 8.06. The Morgan fingerprint density at radius 3 is 2.50 bits per heavy atom. The van der Waals surface area contributed by atoms with Crippen molar-refractivity contribution in [3.63, 3.8) is 0 Å². The van der Waals surface area contributed by atoms with Gasteiger partial charge >= 0.3 is 6.03 Å². The Bertz CT molecular complexity index is 1090. The van der Waals surface area contributed by atoms with Crippen LogP contribution in [0.2, 0.25) is 0 Å². The van der Waals surface area contributed by atoms with E-state index in [2.05, 4.69) is 38.9 Å². The number of amides is 2. The van der Waals surface area contributed by atoms with Gasteiger partial charge in [0.05, 0.1) is 31.3 Å². The van der Waals surface area contributed by atoms with Gasteiger partial charge in [0.1, 0.15) is 17.8 Å². The van der Waals surface area contributed by atoms with Gasteiger partial charge in [-0.15, -0.1) is 10.2 Å². The summed E-state index contributed by atoms with van der Waals surface area (Å²) in [5.74, 6) is 1.92. The van der Waals surface area contributed by atoms with Crippen molar-refractivity contribution in [3.05, 3.63) is 36.9 Å². The third-order valence-electron chi connectivity index (χ3n) is 5.61. The van der Waals surface area contributed by atoms with Gasteiger partial charge in [-0.25, -0.2) is 19.7 Å². The van der Waals surface area contributed by atoms with E-state index in [-0.39, 0.29) is 12.1 Å². The number of aromatic nitrogens is 6. The van der Waals surface area contributed by atoms with Crippen molar-refractivity contribution in [1.29, 1.82) is 0 Å². The van der Waals surface area contributed by atoms with Gasteiger partial charge in [0.2, 0.25) is 5.95 Å². The van der Waals surface area contributed by atoms with E-state index in [1.54, 1.807) is 28.5 Å². The predicted octanol–water partition coefficient (Wildman–Crippen LogP) is 1.99. The topological polar surface area (TPSA) is 105 Å². The van der Waals surface area contributed by atoms with Crippen LogP contribution >= 0.6 is 0 Å². The number of carbonyl (C=O) groups excluding carboxylic acids is 1. The molecule has 2 aliphatic rings. The van der Waals surface area contributed by atoms with E-state index in [1.807, 2.05) is 22.8 Å². The molecule has 11 nitrogen and oxygen atoms in total. The molecule has 0 bridgehead atoms. The monoisotopic (exact) mass is 435 g/mol. The molecule has 2 saturated heterocycles. The Kier molecular flexibility index (Phi) is 5.39. The molecule has 2 amide bonds.